The van der Waals surface area contributed by atoms with Crippen LogP contribution in [0.15, 0.2) is 71.3 Å². The molecule has 0 fully saturated rings. The smallest absolute Gasteiger partial charge is 0.274 e. The van der Waals surface area contributed by atoms with Crippen molar-refractivity contribution in [2.75, 3.05) is 10.6 Å². The van der Waals surface area contributed by atoms with Crippen molar-refractivity contribution in [3.8, 4) is 0 Å². The molecule has 5 heteroatoms. The Kier molecular flexibility index (Phi) is 5.46. The van der Waals surface area contributed by atoms with Crippen LogP contribution in [-0.4, -0.2) is 10.9 Å². The Balaban J connectivity index is 1.67. The van der Waals surface area contributed by atoms with Gasteiger partial charge in [0.1, 0.15) is 5.69 Å². The summed E-state index contributed by atoms with van der Waals surface area (Å²) in [5, 5.41) is 6.18. The Morgan fingerprint density at radius 1 is 1.04 bits per heavy atom. The van der Waals surface area contributed by atoms with Crippen LogP contribution in [0.25, 0.3) is 0 Å². The standard InChI is InChI=1S/C20H18BrN3O/c1-14-7-8-17(11-18(14)21)24-20(25)19-12-16(9-10-22-19)23-13-15-5-3-2-4-6-15/h2-12H,13H2,1H3,(H,22,23)(H,24,25). The average Bonchev–Trinajstić information content (AvgIpc) is 2.64. The van der Waals surface area contributed by atoms with Gasteiger partial charge in [0.25, 0.3) is 5.91 Å². The van der Waals surface area contributed by atoms with Gasteiger partial charge in [-0.2, -0.15) is 0 Å². The molecule has 0 saturated carbocycles. The number of nitrogens with one attached hydrogen (secondary N) is 2. The van der Waals surface area contributed by atoms with Crippen LogP contribution >= 0.6 is 15.9 Å². The second-order valence-corrected chi connectivity index (χ2v) is 6.54. The number of hydrogen-bond acceptors (Lipinski definition) is 3. The highest BCUT2D eigenvalue weighted by Crippen LogP contribution is 2.21. The van der Waals surface area contributed by atoms with Gasteiger partial charge in [-0.1, -0.05) is 52.3 Å². The van der Waals surface area contributed by atoms with Gasteiger partial charge in [0.15, 0.2) is 0 Å². The molecule has 3 rings (SSSR count). The van der Waals surface area contributed by atoms with Gasteiger partial charge >= 0.3 is 0 Å². The second-order valence-electron chi connectivity index (χ2n) is 5.69. The van der Waals surface area contributed by atoms with Crippen LogP contribution in [0.1, 0.15) is 21.6 Å². The fraction of sp³-hybridized carbons (Fsp3) is 0.100. The SMILES string of the molecule is Cc1ccc(NC(=O)c2cc(NCc3ccccc3)ccn2)cc1Br. The van der Waals surface area contributed by atoms with Crippen LogP contribution in [0.2, 0.25) is 0 Å². The van der Waals surface area contributed by atoms with Crippen molar-refractivity contribution in [3.05, 3.63) is 88.2 Å². The maximum Gasteiger partial charge on any atom is 0.274 e. The van der Waals surface area contributed by atoms with E-state index in [0.717, 1.165) is 21.4 Å². The minimum atomic E-state index is -0.237. The van der Waals surface area contributed by atoms with E-state index in [9.17, 15) is 4.79 Å². The second kappa shape index (κ2) is 7.94. The van der Waals surface area contributed by atoms with Crippen LogP contribution in [0.5, 0.6) is 0 Å². The molecule has 1 aromatic heterocycles. The number of halogens is 1. The maximum atomic E-state index is 12.4. The number of rotatable bonds is 5. The minimum Gasteiger partial charge on any atom is -0.381 e. The highest BCUT2D eigenvalue weighted by atomic mass is 79.9. The molecule has 25 heavy (non-hydrogen) atoms. The van der Waals surface area contributed by atoms with E-state index >= 15 is 0 Å². The Labute approximate surface area is 155 Å². The molecule has 0 spiro atoms. The van der Waals surface area contributed by atoms with Crippen molar-refractivity contribution in [3.63, 3.8) is 0 Å². The first-order valence-corrected chi connectivity index (χ1v) is 8.72. The molecule has 0 aliphatic heterocycles. The molecule has 1 heterocycles. The van der Waals surface area contributed by atoms with Crippen molar-refractivity contribution >= 4 is 33.2 Å². The van der Waals surface area contributed by atoms with Crippen molar-refractivity contribution in [2.24, 2.45) is 0 Å². The molecule has 0 aliphatic carbocycles. The average molecular weight is 396 g/mol. The van der Waals surface area contributed by atoms with Gasteiger partial charge in [-0.25, -0.2) is 0 Å². The summed E-state index contributed by atoms with van der Waals surface area (Å²) in [4.78, 5) is 16.6. The first-order chi connectivity index (χ1) is 12.1. The van der Waals surface area contributed by atoms with E-state index in [1.54, 1.807) is 12.3 Å². The van der Waals surface area contributed by atoms with Gasteiger partial charge in [0, 0.05) is 28.6 Å². The molecular weight excluding hydrogens is 378 g/mol. The zero-order chi connectivity index (χ0) is 17.6. The van der Waals surface area contributed by atoms with Gasteiger partial charge in [-0.3, -0.25) is 9.78 Å². The lowest BCUT2D eigenvalue weighted by Gasteiger charge is -2.09. The monoisotopic (exact) mass is 395 g/mol. The number of anilines is 2. The lowest BCUT2D eigenvalue weighted by Crippen LogP contribution is -2.14. The normalized spacial score (nSPS) is 10.3. The van der Waals surface area contributed by atoms with Gasteiger partial charge < -0.3 is 10.6 Å². The van der Waals surface area contributed by atoms with E-state index in [4.69, 9.17) is 0 Å². The molecule has 126 valence electrons. The number of carbonyl (C=O) groups is 1. The molecule has 0 bridgehead atoms. The van der Waals surface area contributed by atoms with Crippen molar-refractivity contribution in [1.29, 1.82) is 0 Å². The summed E-state index contributed by atoms with van der Waals surface area (Å²) in [5.74, 6) is -0.237. The summed E-state index contributed by atoms with van der Waals surface area (Å²) in [5.41, 5.74) is 4.24. The van der Waals surface area contributed by atoms with E-state index in [-0.39, 0.29) is 5.91 Å². The molecule has 0 aliphatic rings. The van der Waals surface area contributed by atoms with Crippen LogP contribution in [0, 0.1) is 6.92 Å². The zero-order valence-electron chi connectivity index (χ0n) is 13.8. The van der Waals surface area contributed by atoms with Gasteiger partial charge in [0.05, 0.1) is 0 Å². The molecule has 1 amide bonds. The van der Waals surface area contributed by atoms with Crippen molar-refractivity contribution in [1.82, 2.24) is 4.98 Å². The molecular formula is C20H18BrN3O. The highest BCUT2D eigenvalue weighted by Gasteiger charge is 2.09. The molecule has 2 N–H and O–H groups in total. The van der Waals surface area contributed by atoms with Crippen molar-refractivity contribution in [2.45, 2.75) is 13.5 Å². The first kappa shape index (κ1) is 17.2. The van der Waals surface area contributed by atoms with E-state index in [2.05, 4.69) is 43.7 Å². The summed E-state index contributed by atoms with van der Waals surface area (Å²) in [6.07, 6.45) is 1.63. The third-order valence-electron chi connectivity index (χ3n) is 3.76. The van der Waals surface area contributed by atoms with Gasteiger partial charge in [0.2, 0.25) is 0 Å². The lowest BCUT2D eigenvalue weighted by atomic mass is 10.2. The molecule has 4 nitrogen and oxygen atoms in total. The van der Waals surface area contributed by atoms with E-state index in [1.165, 1.54) is 5.56 Å². The summed E-state index contributed by atoms with van der Waals surface area (Å²) >= 11 is 3.47. The number of nitrogens with zero attached hydrogens (tertiary/aromatic N) is 1. The predicted octanol–water partition coefficient (Wildman–Crippen LogP) is 5.02. The fourth-order valence-electron chi connectivity index (χ4n) is 2.33. The van der Waals surface area contributed by atoms with E-state index < -0.39 is 0 Å². The fourth-order valence-corrected chi connectivity index (χ4v) is 2.71. The Bertz CT molecular complexity index is 881. The molecule has 0 unspecified atom stereocenters. The molecule has 2 aromatic carbocycles. The van der Waals surface area contributed by atoms with Crippen LogP contribution in [-0.2, 0) is 6.54 Å². The molecule has 3 aromatic rings. The molecule has 0 saturated heterocycles. The highest BCUT2D eigenvalue weighted by molar-refractivity contribution is 9.10. The van der Waals surface area contributed by atoms with E-state index in [1.807, 2.05) is 49.4 Å². The van der Waals surface area contributed by atoms with Crippen LogP contribution in [0.4, 0.5) is 11.4 Å². The summed E-state index contributed by atoms with van der Waals surface area (Å²) in [6, 6.07) is 19.4. The third-order valence-corrected chi connectivity index (χ3v) is 4.62. The first-order valence-electron chi connectivity index (χ1n) is 7.93. The van der Waals surface area contributed by atoms with E-state index in [0.29, 0.717) is 12.2 Å². The number of amides is 1. The number of benzene rings is 2. The Morgan fingerprint density at radius 2 is 1.84 bits per heavy atom. The maximum absolute atomic E-state index is 12.4. The molecule has 0 radical (unpaired) electrons. The summed E-state index contributed by atoms with van der Waals surface area (Å²) in [6.45, 7) is 2.69. The lowest BCUT2D eigenvalue weighted by molar-refractivity contribution is 0.102. The Hall–Kier alpha value is -2.66. The third kappa shape index (κ3) is 4.67. The van der Waals surface area contributed by atoms with Crippen LogP contribution < -0.4 is 10.6 Å². The number of pyridine rings is 1. The zero-order valence-corrected chi connectivity index (χ0v) is 15.4. The topological polar surface area (TPSA) is 54.0 Å². The number of carbonyl (C=O) groups excluding carboxylic acids is 1. The number of hydrogen-bond donors (Lipinski definition) is 2. The number of aryl methyl sites for hydroxylation is 1. The summed E-state index contributed by atoms with van der Waals surface area (Å²) < 4.78 is 0.955. The van der Waals surface area contributed by atoms with Gasteiger partial charge in [-0.05, 0) is 42.3 Å². The minimum absolute atomic E-state index is 0.237. The Morgan fingerprint density at radius 3 is 2.60 bits per heavy atom. The number of aromatic nitrogens is 1. The largest absolute Gasteiger partial charge is 0.381 e. The van der Waals surface area contributed by atoms with Gasteiger partial charge in [-0.15, -0.1) is 0 Å². The van der Waals surface area contributed by atoms with Crippen molar-refractivity contribution < 1.29 is 4.79 Å². The molecule has 0 atom stereocenters. The summed E-state index contributed by atoms with van der Waals surface area (Å²) in [7, 11) is 0. The predicted molar refractivity (Wildman–Crippen MR) is 105 cm³/mol. The van der Waals surface area contributed by atoms with Crippen LogP contribution in [0.3, 0.4) is 0 Å². The quantitative estimate of drug-likeness (QED) is 0.637.